The molecule has 0 rings (SSSR count). The molecule has 0 aliphatic carbocycles. The van der Waals surface area contributed by atoms with Gasteiger partial charge in [-0.1, -0.05) is 12.7 Å². The summed E-state index contributed by atoms with van der Waals surface area (Å²) in [4.78, 5) is 0.683. The Balaban J connectivity index is -0.000000196. The van der Waals surface area contributed by atoms with Gasteiger partial charge in [-0.3, -0.25) is 0 Å². The monoisotopic (exact) mass is 178 g/mol. The normalized spacial score (nSPS) is 9.55. The Labute approximate surface area is 72.1 Å². The molecule has 4 N–H and O–H groups in total. The van der Waals surface area contributed by atoms with Gasteiger partial charge in [-0.15, -0.1) is 12.6 Å². The lowest BCUT2D eigenvalue weighted by atomic mass is 10.5. The Morgan fingerprint density at radius 1 is 1.45 bits per heavy atom. The fourth-order valence-corrected chi connectivity index (χ4v) is 0.425. The van der Waals surface area contributed by atoms with E-state index >= 15 is 0 Å². The minimum atomic E-state index is 0. The van der Waals surface area contributed by atoms with Crippen molar-refractivity contribution < 1.29 is 15.7 Å². The molecule has 0 aliphatic rings. The molecule has 0 bridgehead atoms. The van der Waals surface area contributed by atoms with Gasteiger partial charge in [0.25, 0.3) is 0 Å². The van der Waals surface area contributed by atoms with Gasteiger partial charge < -0.3 is 15.7 Å². The number of aliphatic hydroxyl groups excluding tert-OH is 2. The van der Waals surface area contributed by atoms with Crippen LogP contribution < -0.4 is 0 Å². The van der Waals surface area contributed by atoms with Crippen molar-refractivity contribution in [2.45, 2.75) is 0 Å². The van der Waals surface area contributed by atoms with Gasteiger partial charge in [0.2, 0.25) is 0 Å². The molecule has 0 saturated heterocycles. The Bertz CT molecular complexity index is 130. The van der Waals surface area contributed by atoms with E-state index in [9.17, 15) is 0 Å². The van der Waals surface area contributed by atoms with E-state index in [-0.39, 0.29) is 5.48 Å². The van der Waals surface area contributed by atoms with Gasteiger partial charge in [-0.25, -0.2) is 0 Å². The number of hydrogen-bond donors (Lipinski definition) is 3. The zero-order valence-electron chi connectivity index (χ0n) is 6.36. The van der Waals surface area contributed by atoms with Crippen LogP contribution in [0.2, 0.25) is 0 Å². The summed E-state index contributed by atoms with van der Waals surface area (Å²) < 4.78 is 0. The van der Waals surface area contributed by atoms with Gasteiger partial charge >= 0.3 is 0 Å². The first-order chi connectivity index (χ1) is 4.81. The third-order valence-electron chi connectivity index (χ3n) is 0.534. The summed E-state index contributed by atoms with van der Waals surface area (Å²) in [7, 11) is 1.00. The topological polar surface area (TPSA) is 72.0 Å². The second-order valence-corrected chi connectivity index (χ2v) is 1.66. The molecule has 0 aromatic carbocycles. The van der Waals surface area contributed by atoms with Crippen LogP contribution in [0, 0.1) is 0 Å². The lowest BCUT2D eigenvalue weighted by Crippen LogP contribution is -1.58. The third-order valence-corrected chi connectivity index (χ3v) is 0.832. The van der Waals surface area contributed by atoms with Crippen LogP contribution in [0.25, 0.3) is 0 Å². The zero-order chi connectivity index (χ0) is 8.41. The van der Waals surface area contributed by atoms with E-state index in [2.05, 4.69) is 19.2 Å². The molecule has 4 heteroatoms. The smallest absolute Gasteiger partial charge is 0.0802 e. The zero-order valence-corrected chi connectivity index (χ0v) is 7.25. The lowest BCUT2D eigenvalue weighted by Gasteiger charge is -1.81. The van der Waals surface area contributed by atoms with Crippen LogP contribution in [-0.4, -0.2) is 22.8 Å². The second-order valence-electron chi connectivity index (χ2n) is 1.14. The Morgan fingerprint density at radius 2 is 1.91 bits per heavy atom. The highest BCUT2D eigenvalue weighted by Gasteiger charge is 1.74. The molecule has 0 spiro atoms. The van der Waals surface area contributed by atoms with Crippen molar-refractivity contribution in [3.63, 3.8) is 0 Å². The molecule has 0 unspecified atom stereocenters. The molecule has 0 amide bonds. The van der Waals surface area contributed by atoms with Crippen LogP contribution in [0.5, 0.6) is 0 Å². The van der Waals surface area contributed by atoms with Crippen molar-refractivity contribution in [3.05, 3.63) is 36.0 Å². The van der Waals surface area contributed by atoms with Gasteiger partial charge in [-0.2, -0.15) is 0 Å². The highest BCUT2D eigenvalue weighted by molar-refractivity contribution is 7.84. The van der Waals surface area contributed by atoms with Crippen LogP contribution in [-0.2, 0) is 0 Å². The Hall–Kier alpha value is -0.710. The van der Waals surface area contributed by atoms with Gasteiger partial charge in [0.15, 0.2) is 0 Å². The fraction of sp³-hybridized carbons (Fsp3) is 0.143. The minimum absolute atomic E-state index is 0. The first-order valence-electron chi connectivity index (χ1n) is 2.58. The minimum Gasteiger partial charge on any atom is -0.516 e. The summed E-state index contributed by atoms with van der Waals surface area (Å²) >= 11 is 3.93. The molecule has 0 aliphatic heterocycles. The first kappa shape index (κ1) is 16.7. The number of hydrogen-bond acceptors (Lipinski definition) is 3. The van der Waals surface area contributed by atoms with Crippen LogP contribution in [0.1, 0.15) is 0 Å². The molecule has 0 radical (unpaired) electrons. The van der Waals surface area contributed by atoms with Crippen molar-refractivity contribution in [1.82, 2.24) is 0 Å². The summed E-state index contributed by atoms with van der Waals surface area (Å²) in [6.45, 7) is 3.44. The van der Waals surface area contributed by atoms with Crippen molar-refractivity contribution in [1.29, 1.82) is 0 Å². The fourth-order valence-electron chi connectivity index (χ4n) is 0.253. The molecule has 0 fully saturated rings. The third kappa shape index (κ3) is 17.6. The molecule has 0 aromatic heterocycles. The van der Waals surface area contributed by atoms with Crippen LogP contribution in [0.3, 0.4) is 0 Å². The van der Waals surface area contributed by atoms with Crippen molar-refractivity contribution in [2.75, 3.05) is 7.11 Å². The Kier molecular flexibility index (Phi) is 24.5. The number of thiol groups is 1. The van der Waals surface area contributed by atoms with E-state index in [1.807, 2.05) is 0 Å². The summed E-state index contributed by atoms with van der Waals surface area (Å²) in [6, 6.07) is 0. The summed E-state index contributed by atoms with van der Waals surface area (Å²) in [6.07, 6.45) is 5.67. The average Bonchev–Trinajstić information content (AvgIpc) is 1.93. The largest absolute Gasteiger partial charge is 0.516 e. The average molecular weight is 178 g/mol. The highest BCUT2D eigenvalue weighted by atomic mass is 32.1. The van der Waals surface area contributed by atoms with E-state index in [1.54, 1.807) is 12.2 Å². The van der Waals surface area contributed by atoms with Crippen LogP contribution in [0.4, 0.5) is 0 Å². The molecular formula is C7H14O3S. The lowest BCUT2D eigenvalue weighted by molar-refractivity contribution is 0.399. The first-order valence-corrected chi connectivity index (χ1v) is 3.03. The number of aliphatic hydroxyl groups is 2. The maximum absolute atomic E-state index is 8.16. The van der Waals surface area contributed by atoms with Gasteiger partial charge in [0, 0.05) is 12.0 Å². The molecule has 0 saturated carbocycles. The van der Waals surface area contributed by atoms with E-state index in [0.717, 1.165) is 13.4 Å². The molecule has 0 aromatic rings. The van der Waals surface area contributed by atoms with E-state index < -0.39 is 0 Å². The van der Waals surface area contributed by atoms with E-state index in [1.165, 1.54) is 6.08 Å². The number of allylic oxidation sites excluding steroid dienone is 3. The van der Waals surface area contributed by atoms with E-state index in [4.69, 9.17) is 10.2 Å². The van der Waals surface area contributed by atoms with Crippen LogP contribution in [0.15, 0.2) is 36.0 Å². The summed E-state index contributed by atoms with van der Waals surface area (Å²) in [5.74, 6) is 0. The summed E-state index contributed by atoms with van der Waals surface area (Å²) in [5.41, 5.74) is 0. The van der Waals surface area contributed by atoms with Crippen molar-refractivity contribution in [2.24, 2.45) is 0 Å². The maximum atomic E-state index is 8.16. The summed E-state index contributed by atoms with van der Waals surface area (Å²) in [5, 5.41) is 15.2. The standard InChI is InChI=1S/C6H8OS.CH4O.H2O/c1-2-3-6(8)4-5-7;1-2;/h2-5,7-8H,1H2;2H,1H3;1H2/b5-4-,6-3+;;. The van der Waals surface area contributed by atoms with Crippen molar-refractivity contribution >= 4 is 12.6 Å². The number of rotatable bonds is 2. The van der Waals surface area contributed by atoms with Gasteiger partial charge in [-0.05, 0) is 12.2 Å². The quantitative estimate of drug-likeness (QED) is 0.333. The molecule has 0 atom stereocenters. The van der Waals surface area contributed by atoms with Crippen molar-refractivity contribution in [3.8, 4) is 0 Å². The predicted octanol–water partition coefficient (Wildman–Crippen LogP) is 0.842. The second kappa shape index (κ2) is 16.1. The SMILES string of the molecule is C=C/C=C(S)\C=C/O.CO.O. The molecule has 0 heterocycles. The molecular weight excluding hydrogens is 164 g/mol. The molecule has 3 nitrogen and oxygen atoms in total. The highest BCUT2D eigenvalue weighted by Crippen LogP contribution is 2.00. The van der Waals surface area contributed by atoms with Crippen LogP contribution >= 0.6 is 12.6 Å². The Morgan fingerprint density at radius 3 is 2.18 bits per heavy atom. The molecule has 66 valence electrons. The molecule has 11 heavy (non-hydrogen) atoms. The van der Waals surface area contributed by atoms with Gasteiger partial charge in [0.05, 0.1) is 6.26 Å². The predicted molar refractivity (Wildman–Crippen MR) is 50.8 cm³/mol. The van der Waals surface area contributed by atoms with Gasteiger partial charge in [0.1, 0.15) is 0 Å². The maximum Gasteiger partial charge on any atom is 0.0802 e. The van der Waals surface area contributed by atoms with E-state index in [0.29, 0.717) is 4.91 Å².